The molecule has 1 unspecified atom stereocenters. The summed E-state index contributed by atoms with van der Waals surface area (Å²) in [6.07, 6.45) is 6.82. The lowest BCUT2D eigenvalue weighted by atomic mass is 9.97. The molecule has 1 aliphatic heterocycles. The highest BCUT2D eigenvalue weighted by molar-refractivity contribution is 5.88. The van der Waals surface area contributed by atoms with Gasteiger partial charge in [0.1, 0.15) is 0 Å². The summed E-state index contributed by atoms with van der Waals surface area (Å²) >= 11 is 0. The molecule has 1 atom stereocenters. The smallest absolute Gasteiger partial charge is 0.244 e. The fraction of sp³-hybridized carbons (Fsp3) is 0.929. The number of nitrogens with one attached hydrogen (secondary N) is 1. The summed E-state index contributed by atoms with van der Waals surface area (Å²) in [5.41, 5.74) is -0.175. The monoisotopic (exact) mass is 238 g/mol. The van der Waals surface area contributed by atoms with Gasteiger partial charge in [-0.05, 0) is 38.5 Å². The van der Waals surface area contributed by atoms with Crippen molar-refractivity contribution in [3.05, 3.63) is 0 Å². The van der Waals surface area contributed by atoms with E-state index in [4.69, 9.17) is 0 Å². The number of amides is 1. The summed E-state index contributed by atoms with van der Waals surface area (Å²) in [6, 6.07) is 0.386. The Morgan fingerprint density at radius 1 is 1.24 bits per heavy atom. The van der Waals surface area contributed by atoms with Crippen LogP contribution < -0.4 is 5.32 Å². The fourth-order valence-electron chi connectivity index (χ4n) is 3.11. The van der Waals surface area contributed by atoms with Gasteiger partial charge < -0.3 is 4.90 Å². The molecule has 1 saturated heterocycles. The van der Waals surface area contributed by atoms with E-state index in [0.717, 1.165) is 31.8 Å². The third-order valence-electron chi connectivity index (χ3n) is 4.41. The van der Waals surface area contributed by atoms with Gasteiger partial charge in [-0.2, -0.15) is 0 Å². The van der Waals surface area contributed by atoms with E-state index in [1.165, 1.54) is 19.3 Å². The van der Waals surface area contributed by atoms with E-state index in [0.29, 0.717) is 11.9 Å². The molecule has 3 heteroatoms. The van der Waals surface area contributed by atoms with Crippen LogP contribution in [-0.4, -0.2) is 29.1 Å². The zero-order valence-corrected chi connectivity index (χ0v) is 11.5. The van der Waals surface area contributed by atoms with Gasteiger partial charge in [0.2, 0.25) is 5.91 Å². The van der Waals surface area contributed by atoms with Crippen molar-refractivity contribution in [2.75, 3.05) is 6.67 Å². The van der Waals surface area contributed by atoms with Crippen molar-refractivity contribution in [2.24, 2.45) is 5.92 Å². The normalized spacial score (nSPS) is 25.2. The van der Waals surface area contributed by atoms with Crippen LogP contribution in [-0.2, 0) is 4.79 Å². The molecule has 0 aromatic rings. The molecule has 3 nitrogen and oxygen atoms in total. The first-order chi connectivity index (χ1) is 8.05. The molecule has 2 rings (SSSR count). The third kappa shape index (κ3) is 2.49. The zero-order valence-electron chi connectivity index (χ0n) is 11.5. The molecular formula is C14H26N2O. The molecule has 1 heterocycles. The predicted octanol–water partition coefficient (Wildman–Crippen LogP) is 2.51. The topological polar surface area (TPSA) is 32.3 Å². The van der Waals surface area contributed by atoms with E-state index in [1.54, 1.807) is 0 Å². The predicted molar refractivity (Wildman–Crippen MR) is 69.6 cm³/mol. The van der Waals surface area contributed by atoms with Gasteiger partial charge in [-0.15, -0.1) is 0 Å². The summed E-state index contributed by atoms with van der Waals surface area (Å²) in [6.45, 7) is 7.44. The van der Waals surface area contributed by atoms with Crippen LogP contribution >= 0.6 is 0 Å². The van der Waals surface area contributed by atoms with Gasteiger partial charge in [0.15, 0.2) is 0 Å². The van der Waals surface area contributed by atoms with Gasteiger partial charge in [-0.3, -0.25) is 10.1 Å². The van der Waals surface area contributed by atoms with Crippen molar-refractivity contribution < 1.29 is 4.79 Å². The fourth-order valence-corrected chi connectivity index (χ4v) is 3.11. The summed E-state index contributed by atoms with van der Waals surface area (Å²) in [5.74, 6) is 1.09. The molecule has 0 radical (unpaired) electrons. The van der Waals surface area contributed by atoms with Crippen molar-refractivity contribution in [1.82, 2.24) is 10.2 Å². The highest BCUT2D eigenvalue weighted by Crippen LogP contribution is 2.35. The van der Waals surface area contributed by atoms with Gasteiger partial charge in [0, 0.05) is 6.04 Å². The van der Waals surface area contributed by atoms with E-state index in [2.05, 4.69) is 31.0 Å². The quantitative estimate of drug-likeness (QED) is 0.816. The van der Waals surface area contributed by atoms with Crippen LogP contribution in [0.4, 0.5) is 0 Å². The molecule has 1 amide bonds. The second-order valence-corrected chi connectivity index (χ2v) is 6.22. The number of hydrogen-bond donors (Lipinski definition) is 1. The first kappa shape index (κ1) is 12.9. The van der Waals surface area contributed by atoms with E-state index in [1.807, 2.05) is 0 Å². The van der Waals surface area contributed by atoms with Crippen LogP contribution in [0.1, 0.15) is 59.3 Å². The van der Waals surface area contributed by atoms with E-state index in [9.17, 15) is 4.79 Å². The number of rotatable bonds is 4. The highest BCUT2D eigenvalue weighted by atomic mass is 16.2. The van der Waals surface area contributed by atoms with Gasteiger partial charge >= 0.3 is 0 Å². The Bertz CT molecular complexity index is 282. The lowest BCUT2D eigenvalue weighted by Crippen LogP contribution is -2.45. The van der Waals surface area contributed by atoms with Gasteiger partial charge in [-0.25, -0.2) is 0 Å². The molecule has 0 aromatic heterocycles. The average molecular weight is 238 g/mol. The summed E-state index contributed by atoms with van der Waals surface area (Å²) < 4.78 is 0. The third-order valence-corrected chi connectivity index (χ3v) is 4.41. The Balaban J connectivity index is 1.92. The van der Waals surface area contributed by atoms with Crippen LogP contribution in [0.2, 0.25) is 0 Å². The van der Waals surface area contributed by atoms with Crippen molar-refractivity contribution in [2.45, 2.75) is 70.9 Å². The average Bonchev–Trinajstić information content (AvgIpc) is 2.87. The van der Waals surface area contributed by atoms with Crippen molar-refractivity contribution in [3.8, 4) is 0 Å². The first-order valence-corrected chi connectivity index (χ1v) is 7.11. The Kier molecular flexibility index (Phi) is 3.76. The van der Waals surface area contributed by atoms with E-state index < -0.39 is 0 Å². The lowest BCUT2D eigenvalue weighted by Gasteiger charge is -2.26. The maximum atomic E-state index is 12.5. The largest absolute Gasteiger partial charge is 0.326 e. The summed E-state index contributed by atoms with van der Waals surface area (Å²) in [7, 11) is 0. The van der Waals surface area contributed by atoms with Crippen molar-refractivity contribution in [1.29, 1.82) is 0 Å². The maximum absolute atomic E-state index is 12.5. The molecule has 2 aliphatic rings. The highest BCUT2D eigenvalue weighted by Gasteiger charge is 2.48. The number of carbonyl (C=O) groups excluding carboxylic acids is 1. The van der Waals surface area contributed by atoms with Crippen molar-refractivity contribution in [3.63, 3.8) is 0 Å². The molecule has 98 valence electrons. The number of nitrogens with zero attached hydrogens (tertiary/aromatic N) is 1. The molecule has 17 heavy (non-hydrogen) atoms. The molecule has 1 spiro atoms. The molecule has 2 fully saturated rings. The molecule has 1 aliphatic carbocycles. The Hall–Kier alpha value is -0.570. The Morgan fingerprint density at radius 2 is 1.88 bits per heavy atom. The minimum atomic E-state index is -0.175. The Labute approximate surface area is 105 Å². The van der Waals surface area contributed by atoms with E-state index >= 15 is 0 Å². The molecule has 1 N–H and O–H groups in total. The van der Waals surface area contributed by atoms with E-state index in [-0.39, 0.29) is 5.54 Å². The minimum Gasteiger partial charge on any atom is -0.326 e. The maximum Gasteiger partial charge on any atom is 0.244 e. The van der Waals surface area contributed by atoms with Crippen LogP contribution in [0.5, 0.6) is 0 Å². The minimum absolute atomic E-state index is 0.175. The molecule has 0 bridgehead atoms. The van der Waals surface area contributed by atoms with Crippen LogP contribution in [0.3, 0.4) is 0 Å². The summed E-state index contributed by atoms with van der Waals surface area (Å²) in [4.78, 5) is 14.5. The summed E-state index contributed by atoms with van der Waals surface area (Å²) in [5, 5.41) is 3.48. The van der Waals surface area contributed by atoms with Crippen LogP contribution in [0.25, 0.3) is 0 Å². The molecular weight excluding hydrogens is 212 g/mol. The first-order valence-electron chi connectivity index (χ1n) is 7.11. The standard InChI is InChI=1S/C14H26N2O/c1-11(2)6-7-12(3)16-10-15-14(13(16)17)8-4-5-9-14/h11-12,15H,4-10H2,1-3H3. The van der Waals surface area contributed by atoms with Gasteiger partial charge in [0.25, 0.3) is 0 Å². The van der Waals surface area contributed by atoms with Crippen LogP contribution in [0, 0.1) is 5.92 Å². The number of hydrogen-bond acceptors (Lipinski definition) is 2. The SMILES string of the molecule is CC(C)CCC(C)N1CNC2(CCCC2)C1=O. The van der Waals surface area contributed by atoms with Crippen molar-refractivity contribution >= 4 is 5.91 Å². The molecule has 0 aromatic carbocycles. The second kappa shape index (κ2) is 4.97. The number of carbonyl (C=O) groups is 1. The second-order valence-electron chi connectivity index (χ2n) is 6.22. The Morgan fingerprint density at radius 3 is 2.47 bits per heavy atom. The van der Waals surface area contributed by atoms with Crippen LogP contribution in [0.15, 0.2) is 0 Å². The lowest BCUT2D eigenvalue weighted by molar-refractivity contribution is -0.134. The molecule has 1 saturated carbocycles. The van der Waals surface area contributed by atoms with Gasteiger partial charge in [0.05, 0.1) is 12.2 Å². The van der Waals surface area contributed by atoms with Gasteiger partial charge in [-0.1, -0.05) is 26.7 Å². The zero-order chi connectivity index (χ0) is 12.5.